The summed E-state index contributed by atoms with van der Waals surface area (Å²) in [6, 6.07) is 10.3. The lowest BCUT2D eigenvalue weighted by molar-refractivity contribution is 0.0692. The van der Waals surface area contributed by atoms with Crippen LogP contribution in [0.3, 0.4) is 0 Å². The molecule has 0 aliphatic heterocycles. The molecule has 0 saturated carbocycles. The maximum atomic E-state index is 12.8. The summed E-state index contributed by atoms with van der Waals surface area (Å²) in [6.07, 6.45) is 0. The van der Waals surface area contributed by atoms with Gasteiger partial charge in [0.05, 0.1) is 41.8 Å². The smallest absolute Gasteiger partial charge is 0.338 e. The Morgan fingerprint density at radius 2 is 1.61 bits per heavy atom. The van der Waals surface area contributed by atoms with E-state index in [0.29, 0.717) is 10.6 Å². The standard InChI is InChI=1S/C20H11Cl4NO4S2/c21-15-13(14(20(28)29)16(22)18(24)17(15)23)19(27)25-9-3-1-4-10(7-9)31-8-11(26)12-5-2-6-30-12/h1-7H,8H2,(H,25,27)(H,28,29). The fraction of sp³-hybridized carbons (Fsp3) is 0.0500. The Balaban J connectivity index is 1.82. The Hall–Kier alpha value is -1.74. The summed E-state index contributed by atoms with van der Waals surface area (Å²) in [7, 11) is 0. The molecule has 0 aliphatic rings. The second kappa shape index (κ2) is 10.3. The second-order valence-electron chi connectivity index (χ2n) is 5.98. The zero-order valence-corrected chi connectivity index (χ0v) is 19.9. The molecule has 160 valence electrons. The van der Waals surface area contributed by atoms with Crippen LogP contribution in [0.2, 0.25) is 20.1 Å². The number of halogens is 4. The number of nitrogens with one attached hydrogen (secondary N) is 1. The monoisotopic (exact) mass is 533 g/mol. The van der Waals surface area contributed by atoms with Crippen molar-refractivity contribution in [1.29, 1.82) is 0 Å². The number of thiophene rings is 1. The van der Waals surface area contributed by atoms with Gasteiger partial charge >= 0.3 is 5.97 Å². The number of carboxylic acid groups (broad SMARTS) is 1. The SMILES string of the molecule is O=C(CSc1cccc(NC(=O)c2c(Cl)c(Cl)c(Cl)c(Cl)c2C(=O)O)c1)c1cccs1. The van der Waals surface area contributed by atoms with Crippen molar-refractivity contribution in [3.63, 3.8) is 0 Å². The van der Waals surface area contributed by atoms with Crippen LogP contribution in [0.1, 0.15) is 30.4 Å². The Kier molecular flexibility index (Phi) is 7.91. The number of hydrogen-bond donors (Lipinski definition) is 2. The molecule has 0 fully saturated rings. The number of carbonyl (C=O) groups excluding carboxylic acids is 2. The van der Waals surface area contributed by atoms with Crippen LogP contribution in [-0.2, 0) is 0 Å². The number of amides is 1. The lowest BCUT2D eigenvalue weighted by atomic mass is 10.1. The summed E-state index contributed by atoms with van der Waals surface area (Å²) in [5, 5.41) is 12.7. The quantitative estimate of drug-likeness (QED) is 0.144. The van der Waals surface area contributed by atoms with E-state index in [2.05, 4.69) is 5.32 Å². The van der Waals surface area contributed by atoms with Crippen molar-refractivity contribution in [2.24, 2.45) is 0 Å². The summed E-state index contributed by atoms with van der Waals surface area (Å²) in [6.45, 7) is 0. The minimum absolute atomic E-state index is 0.00207. The van der Waals surface area contributed by atoms with Gasteiger partial charge in [-0.25, -0.2) is 4.79 Å². The summed E-state index contributed by atoms with van der Waals surface area (Å²) in [5.74, 6) is -2.07. The Bertz CT molecular complexity index is 1180. The van der Waals surface area contributed by atoms with Gasteiger partial charge in [0, 0.05) is 10.6 Å². The van der Waals surface area contributed by atoms with E-state index in [9.17, 15) is 19.5 Å². The van der Waals surface area contributed by atoms with Crippen LogP contribution in [0.15, 0.2) is 46.7 Å². The van der Waals surface area contributed by atoms with Gasteiger partial charge in [0.2, 0.25) is 0 Å². The second-order valence-corrected chi connectivity index (χ2v) is 9.49. The van der Waals surface area contributed by atoms with Gasteiger partial charge in [0.1, 0.15) is 0 Å². The number of aromatic carboxylic acids is 1. The lowest BCUT2D eigenvalue weighted by Crippen LogP contribution is -2.18. The zero-order chi connectivity index (χ0) is 22.7. The first-order chi connectivity index (χ1) is 14.7. The fourth-order valence-electron chi connectivity index (χ4n) is 2.56. The Labute approximate surface area is 205 Å². The molecule has 3 rings (SSSR count). The first-order valence-electron chi connectivity index (χ1n) is 8.40. The van der Waals surface area contributed by atoms with Gasteiger partial charge in [0.25, 0.3) is 5.91 Å². The van der Waals surface area contributed by atoms with E-state index in [4.69, 9.17) is 46.4 Å². The van der Waals surface area contributed by atoms with Gasteiger partial charge in [-0.2, -0.15) is 0 Å². The van der Waals surface area contributed by atoms with Crippen molar-refractivity contribution in [3.05, 3.63) is 77.9 Å². The third-order valence-electron chi connectivity index (χ3n) is 3.97. The highest BCUT2D eigenvalue weighted by Gasteiger charge is 2.29. The summed E-state index contributed by atoms with van der Waals surface area (Å²) < 4.78 is 0. The van der Waals surface area contributed by atoms with Crippen molar-refractivity contribution in [2.45, 2.75) is 4.90 Å². The number of carbonyl (C=O) groups is 3. The molecular formula is C20H11Cl4NO4S2. The highest BCUT2D eigenvalue weighted by Crippen LogP contribution is 2.41. The van der Waals surface area contributed by atoms with Gasteiger partial charge < -0.3 is 10.4 Å². The number of carboxylic acids is 1. The molecule has 1 amide bonds. The van der Waals surface area contributed by atoms with Crippen LogP contribution in [0.4, 0.5) is 5.69 Å². The number of rotatable bonds is 7. The molecule has 0 bridgehead atoms. The Morgan fingerprint density at radius 1 is 0.935 bits per heavy atom. The van der Waals surface area contributed by atoms with Crippen molar-refractivity contribution < 1.29 is 19.5 Å². The molecule has 0 saturated heterocycles. The van der Waals surface area contributed by atoms with E-state index in [1.807, 2.05) is 11.4 Å². The van der Waals surface area contributed by atoms with E-state index in [1.165, 1.54) is 23.1 Å². The molecule has 0 unspecified atom stereocenters. The molecule has 3 aromatic rings. The first-order valence-corrected chi connectivity index (χ1v) is 11.8. The Morgan fingerprint density at radius 3 is 2.23 bits per heavy atom. The minimum atomic E-state index is -1.48. The van der Waals surface area contributed by atoms with Crippen molar-refractivity contribution in [3.8, 4) is 0 Å². The third-order valence-corrected chi connectivity index (χ3v) is 7.67. The number of thioether (sulfide) groups is 1. The van der Waals surface area contributed by atoms with Gasteiger partial charge in [-0.3, -0.25) is 9.59 Å². The maximum Gasteiger partial charge on any atom is 0.338 e. The molecule has 0 atom stereocenters. The zero-order valence-electron chi connectivity index (χ0n) is 15.2. The van der Waals surface area contributed by atoms with Gasteiger partial charge in [-0.15, -0.1) is 23.1 Å². The minimum Gasteiger partial charge on any atom is -0.478 e. The van der Waals surface area contributed by atoms with Crippen LogP contribution in [0, 0.1) is 0 Å². The van der Waals surface area contributed by atoms with Crippen molar-refractivity contribution >= 4 is 92.8 Å². The molecule has 5 nitrogen and oxygen atoms in total. The number of hydrogen-bond acceptors (Lipinski definition) is 5. The molecule has 11 heteroatoms. The van der Waals surface area contributed by atoms with Crippen molar-refractivity contribution in [2.75, 3.05) is 11.1 Å². The average molecular weight is 535 g/mol. The summed E-state index contributed by atoms with van der Waals surface area (Å²) in [4.78, 5) is 38.1. The normalized spacial score (nSPS) is 10.7. The molecule has 0 radical (unpaired) electrons. The number of Topliss-reactive ketones (excluding diaryl/α,β-unsaturated/α-hetero) is 1. The van der Waals surface area contributed by atoms with Crippen LogP contribution in [0.25, 0.3) is 0 Å². The number of benzene rings is 2. The van der Waals surface area contributed by atoms with E-state index in [1.54, 1.807) is 30.3 Å². The van der Waals surface area contributed by atoms with Gasteiger partial charge in [-0.1, -0.05) is 58.5 Å². The summed E-state index contributed by atoms with van der Waals surface area (Å²) >= 11 is 26.7. The molecule has 31 heavy (non-hydrogen) atoms. The summed E-state index contributed by atoms with van der Waals surface area (Å²) in [5.41, 5.74) is -0.585. The fourth-order valence-corrected chi connectivity index (χ4v) is 5.17. The van der Waals surface area contributed by atoms with Gasteiger partial charge in [0.15, 0.2) is 5.78 Å². The van der Waals surface area contributed by atoms with Crippen LogP contribution >= 0.6 is 69.5 Å². The van der Waals surface area contributed by atoms with E-state index < -0.39 is 23.0 Å². The van der Waals surface area contributed by atoms with Crippen LogP contribution in [-0.4, -0.2) is 28.5 Å². The van der Waals surface area contributed by atoms with E-state index in [-0.39, 0.29) is 31.6 Å². The third kappa shape index (κ3) is 5.37. The largest absolute Gasteiger partial charge is 0.478 e. The molecule has 2 aromatic carbocycles. The maximum absolute atomic E-state index is 12.8. The molecule has 0 aliphatic carbocycles. The molecule has 1 aromatic heterocycles. The first kappa shape index (κ1) is 23.9. The predicted octanol–water partition coefficient (Wildman–Crippen LogP) is 7.29. The van der Waals surface area contributed by atoms with Crippen LogP contribution in [0.5, 0.6) is 0 Å². The molecule has 2 N–H and O–H groups in total. The van der Waals surface area contributed by atoms with Crippen molar-refractivity contribution in [1.82, 2.24) is 0 Å². The molecule has 1 heterocycles. The average Bonchev–Trinajstić information content (AvgIpc) is 3.27. The highest BCUT2D eigenvalue weighted by atomic mass is 35.5. The topological polar surface area (TPSA) is 83.5 Å². The van der Waals surface area contributed by atoms with E-state index in [0.717, 1.165) is 4.90 Å². The predicted molar refractivity (Wildman–Crippen MR) is 127 cm³/mol. The number of anilines is 1. The highest BCUT2D eigenvalue weighted by molar-refractivity contribution is 8.00. The molecular weight excluding hydrogens is 524 g/mol. The lowest BCUT2D eigenvalue weighted by Gasteiger charge is -2.14. The number of ketones is 1. The van der Waals surface area contributed by atoms with E-state index >= 15 is 0 Å². The molecule has 0 spiro atoms. The van der Waals surface area contributed by atoms with Gasteiger partial charge in [-0.05, 0) is 29.6 Å². The van der Waals surface area contributed by atoms with Crippen LogP contribution < -0.4 is 5.32 Å².